The van der Waals surface area contributed by atoms with Gasteiger partial charge in [-0.05, 0) is 32.0 Å². The maximum atomic E-state index is 13.2. The van der Waals surface area contributed by atoms with Crippen molar-refractivity contribution >= 4 is 33.8 Å². The van der Waals surface area contributed by atoms with E-state index in [1.165, 1.54) is 13.8 Å². The SMILES string of the molecule is CCOP(=O)(OCC)c1cc2cc(S(N)(=O)=O)c(C(F)(F)F)cc2[nH]c1=O. The van der Waals surface area contributed by atoms with Crippen LogP contribution in [-0.4, -0.2) is 26.6 Å². The van der Waals surface area contributed by atoms with Gasteiger partial charge in [-0.3, -0.25) is 9.36 Å². The molecule has 1 aromatic heterocycles. The van der Waals surface area contributed by atoms with Crippen LogP contribution in [0.25, 0.3) is 10.9 Å². The van der Waals surface area contributed by atoms with Crippen molar-refractivity contribution < 1.29 is 35.2 Å². The van der Waals surface area contributed by atoms with Gasteiger partial charge in [0.05, 0.1) is 23.7 Å². The normalized spacial score (nSPS) is 13.3. The molecule has 0 aliphatic heterocycles. The zero-order chi connectivity index (χ0) is 20.6. The van der Waals surface area contributed by atoms with Crippen LogP contribution in [-0.2, 0) is 29.8 Å². The molecule has 27 heavy (non-hydrogen) atoms. The number of alkyl halides is 3. The van der Waals surface area contributed by atoms with Crippen LogP contribution in [0.1, 0.15) is 19.4 Å². The molecule has 0 fully saturated rings. The number of fused-ring (bicyclic) bond motifs is 1. The van der Waals surface area contributed by atoms with Crippen molar-refractivity contribution in [3.05, 3.63) is 34.1 Å². The molecule has 1 aromatic carbocycles. The Kier molecular flexibility index (Phi) is 5.88. The molecule has 13 heteroatoms. The van der Waals surface area contributed by atoms with Gasteiger partial charge in [-0.25, -0.2) is 13.6 Å². The molecule has 2 aromatic rings. The molecule has 0 saturated carbocycles. The molecular weight excluding hydrogens is 412 g/mol. The van der Waals surface area contributed by atoms with E-state index >= 15 is 0 Å². The second kappa shape index (κ2) is 7.36. The second-order valence-electron chi connectivity index (χ2n) is 5.30. The minimum Gasteiger partial charge on any atom is -0.321 e. The van der Waals surface area contributed by atoms with Crippen LogP contribution < -0.4 is 16.0 Å². The largest absolute Gasteiger partial charge is 0.417 e. The lowest BCUT2D eigenvalue weighted by Gasteiger charge is -2.17. The van der Waals surface area contributed by atoms with Crippen molar-refractivity contribution in [2.75, 3.05) is 13.2 Å². The summed E-state index contributed by atoms with van der Waals surface area (Å²) in [7, 11) is -8.79. The number of pyridine rings is 1. The van der Waals surface area contributed by atoms with E-state index in [9.17, 15) is 30.9 Å². The van der Waals surface area contributed by atoms with E-state index in [4.69, 9.17) is 14.2 Å². The summed E-state index contributed by atoms with van der Waals surface area (Å²) in [6.07, 6.45) is -5.03. The minimum atomic E-state index is -5.03. The van der Waals surface area contributed by atoms with Crippen molar-refractivity contribution in [3.8, 4) is 0 Å². The van der Waals surface area contributed by atoms with E-state index in [-0.39, 0.29) is 24.1 Å². The molecule has 0 atom stereocenters. The number of rotatable bonds is 6. The molecule has 0 aliphatic carbocycles. The Morgan fingerprint density at radius 1 is 1.15 bits per heavy atom. The third-order valence-electron chi connectivity index (χ3n) is 3.43. The first-order valence-electron chi connectivity index (χ1n) is 7.54. The molecule has 150 valence electrons. The molecule has 0 radical (unpaired) electrons. The fourth-order valence-corrected chi connectivity index (χ4v) is 4.81. The first-order chi connectivity index (χ1) is 12.3. The predicted molar refractivity (Wildman–Crippen MR) is 91.4 cm³/mol. The zero-order valence-corrected chi connectivity index (χ0v) is 15.9. The van der Waals surface area contributed by atoms with E-state index in [1.807, 2.05) is 0 Å². The van der Waals surface area contributed by atoms with E-state index < -0.39 is 45.1 Å². The van der Waals surface area contributed by atoms with Crippen molar-refractivity contribution in [1.29, 1.82) is 0 Å². The van der Waals surface area contributed by atoms with E-state index in [2.05, 4.69) is 4.98 Å². The maximum absolute atomic E-state index is 13.2. The first kappa shape index (κ1) is 21.6. The summed E-state index contributed by atoms with van der Waals surface area (Å²) >= 11 is 0. The number of aromatic nitrogens is 1. The number of nitrogens with one attached hydrogen (secondary N) is 1. The Morgan fingerprint density at radius 3 is 2.15 bits per heavy atom. The predicted octanol–water partition coefficient (Wildman–Crippen LogP) is 2.09. The van der Waals surface area contributed by atoms with Gasteiger partial charge in [-0.2, -0.15) is 13.2 Å². The lowest BCUT2D eigenvalue weighted by molar-refractivity contribution is -0.139. The highest BCUT2D eigenvalue weighted by Crippen LogP contribution is 2.46. The fourth-order valence-electron chi connectivity index (χ4n) is 2.40. The highest BCUT2D eigenvalue weighted by atomic mass is 32.2. The van der Waals surface area contributed by atoms with Crippen molar-refractivity contribution in [2.45, 2.75) is 24.9 Å². The van der Waals surface area contributed by atoms with E-state index in [0.29, 0.717) is 12.1 Å². The quantitative estimate of drug-likeness (QED) is 0.678. The number of benzene rings is 1. The van der Waals surface area contributed by atoms with Crippen LogP contribution in [0.5, 0.6) is 0 Å². The second-order valence-corrected chi connectivity index (χ2v) is 8.82. The lowest BCUT2D eigenvalue weighted by Crippen LogP contribution is -2.29. The van der Waals surface area contributed by atoms with Gasteiger partial charge in [0.25, 0.3) is 5.56 Å². The summed E-state index contributed by atoms with van der Waals surface area (Å²) < 4.78 is 85.6. The maximum Gasteiger partial charge on any atom is 0.417 e. The molecular formula is C14H16F3N2O6PS. The molecule has 1 heterocycles. The van der Waals surface area contributed by atoms with Gasteiger partial charge < -0.3 is 14.0 Å². The van der Waals surface area contributed by atoms with Crippen molar-refractivity contribution in [3.63, 3.8) is 0 Å². The Bertz CT molecular complexity index is 1070. The van der Waals surface area contributed by atoms with Gasteiger partial charge in [0.2, 0.25) is 10.0 Å². The highest BCUT2D eigenvalue weighted by molar-refractivity contribution is 7.89. The summed E-state index contributed by atoms with van der Waals surface area (Å²) in [5.41, 5.74) is -2.83. The molecule has 0 spiro atoms. The van der Waals surface area contributed by atoms with Gasteiger partial charge in [0.15, 0.2) is 0 Å². The highest BCUT2D eigenvalue weighted by Gasteiger charge is 2.37. The Balaban J connectivity index is 2.87. The Hall–Kier alpha value is -1.72. The number of hydrogen-bond donors (Lipinski definition) is 2. The van der Waals surface area contributed by atoms with Crippen molar-refractivity contribution in [1.82, 2.24) is 4.98 Å². The molecule has 0 aliphatic rings. The molecule has 0 bridgehead atoms. The number of nitrogens with two attached hydrogens (primary N) is 1. The Labute approximate surface area is 152 Å². The summed E-state index contributed by atoms with van der Waals surface area (Å²) in [5, 5.41) is 4.29. The summed E-state index contributed by atoms with van der Waals surface area (Å²) in [4.78, 5) is 13.2. The number of H-pyrrole nitrogens is 1. The van der Waals surface area contributed by atoms with Crippen LogP contribution in [0.2, 0.25) is 0 Å². The average Bonchev–Trinajstić information content (AvgIpc) is 2.51. The monoisotopic (exact) mass is 428 g/mol. The number of hydrogen-bond acceptors (Lipinski definition) is 6. The molecule has 3 N–H and O–H groups in total. The summed E-state index contributed by atoms with van der Waals surface area (Å²) in [6, 6.07) is 2.07. The van der Waals surface area contributed by atoms with Gasteiger partial charge in [-0.1, -0.05) is 0 Å². The van der Waals surface area contributed by atoms with E-state index in [0.717, 1.165) is 6.07 Å². The molecule has 0 amide bonds. The number of halogens is 3. The summed E-state index contributed by atoms with van der Waals surface area (Å²) in [6.45, 7) is 2.89. The van der Waals surface area contributed by atoms with E-state index in [1.54, 1.807) is 0 Å². The average molecular weight is 428 g/mol. The van der Waals surface area contributed by atoms with Gasteiger partial charge in [-0.15, -0.1) is 0 Å². The minimum absolute atomic E-state index is 0.0653. The lowest BCUT2D eigenvalue weighted by atomic mass is 10.1. The third-order valence-corrected chi connectivity index (χ3v) is 6.50. The van der Waals surface area contributed by atoms with Crippen LogP contribution in [0.4, 0.5) is 13.2 Å². The first-order valence-corrected chi connectivity index (χ1v) is 10.6. The standard InChI is InChI=1S/C14H16F3N2O6PS/c1-3-24-26(21,25-4-2)11-5-8-6-12(27(18,22)23)9(14(15,16)17)7-10(8)19-13(11)20/h5-7H,3-4H2,1-2H3,(H,19,20)(H2,18,22,23). The van der Waals surface area contributed by atoms with Gasteiger partial charge in [0.1, 0.15) is 5.30 Å². The molecule has 0 unspecified atom stereocenters. The topological polar surface area (TPSA) is 129 Å². The fraction of sp³-hybridized carbons (Fsp3) is 0.357. The summed E-state index contributed by atoms with van der Waals surface area (Å²) in [5.74, 6) is 0. The van der Waals surface area contributed by atoms with Gasteiger partial charge >= 0.3 is 13.8 Å². The van der Waals surface area contributed by atoms with Gasteiger partial charge in [0, 0.05) is 10.9 Å². The molecule has 0 saturated heterocycles. The van der Waals surface area contributed by atoms with Crippen LogP contribution in [0, 0.1) is 0 Å². The number of primary sulfonamides is 1. The third kappa shape index (κ3) is 4.41. The van der Waals surface area contributed by atoms with Crippen LogP contribution >= 0.6 is 7.60 Å². The smallest absolute Gasteiger partial charge is 0.321 e. The molecule has 8 nitrogen and oxygen atoms in total. The van der Waals surface area contributed by atoms with Crippen LogP contribution in [0.15, 0.2) is 27.9 Å². The number of sulfonamides is 1. The molecule has 2 rings (SSSR count). The van der Waals surface area contributed by atoms with Crippen LogP contribution in [0.3, 0.4) is 0 Å². The Morgan fingerprint density at radius 2 is 1.70 bits per heavy atom. The van der Waals surface area contributed by atoms with Crippen molar-refractivity contribution in [2.24, 2.45) is 5.14 Å². The zero-order valence-electron chi connectivity index (χ0n) is 14.2. The number of aromatic amines is 1.